The molecule has 0 saturated heterocycles. The van der Waals surface area contributed by atoms with E-state index in [1.54, 1.807) is 6.07 Å². The van der Waals surface area contributed by atoms with Gasteiger partial charge in [0.2, 0.25) is 0 Å². The largest absolute Gasteiger partial charge is 0.478 e. The average molecular weight is 277 g/mol. The van der Waals surface area contributed by atoms with Crippen molar-refractivity contribution in [2.45, 2.75) is 38.1 Å². The minimum atomic E-state index is -1.12. The summed E-state index contributed by atoms with van der Waals surface area (Å²) in [6.07, 6.45) is 5.39. The Kier molecular flexibility index (Phi) is 4.45. The maximum Gasteiger partial charge on any atom is 0.337 e. The van der Waals surface area contributed by atoms with E-state index in [1.165, 1.54) is 18.6 Å². The summed E-state index contributed by atoms with van der Waals surface area (Å²) in [4.78, 5) is 23.0. The number of benzene rings is 1. The van der Waals surface area contributed by atoms with Crippen LogP contribution >= 0.6 is 0 Å². The van der Waals surface area contributed by atoms with Crippen molar-refractivity contribution in [3.8, 4) is 0 Å². The molecule has 20 heavy (non-hydrogen) atoms. The number of carboxylic acid groups (broad SMARTS) is 1. The number of aromatic carboxylic acids is 1. The Balaban J connectivity index is 2.01. The molecule has 108 valence electrons. The molecule has 0 radical (unpaired) electrons. The third kappa shape index (κ3) is 3.63. The number of nitrogens with one attached hydrogen (secondary N) is 2. The van der Waals surface area contributed by atoms with Gasteiger partial charge in [-0.15, -0.1) is 0 Å². The van der Waals surface area contributed by atoms with Crippen LogP contribution < -0.4 is 16.4 Å². The number of hydrogen-bond donors (Lipinski definition) is 4. The summed E-state index contributed by atoms with van der Waals surface area (Å²) in [5.41, 5.74) is 6.14. The Morgan fingerprint density at radius 2 is 1.90 bits per heavy atom. The first-order chi connectivity index (χ1) is 9.56. The predicted molar refractivity (Wildman–Crippen MR) is 76.8 cm³/mol. The van der Waals surface area contributed by atoms with Crippen LogP contribution in [0.1, 0.15) is 42.5 Å². The smallest absolute Gasteiger partial charge is 0.337 e. The molecular weight excluding hydrogens is 258 g/mol. The molecule has 6 nitrogen and oxygen atoms in total. The maximum absolute atomic E-state index is 11.9. The molecular formula is C14H19N3O3. The van der Waals surface area contributed by atoms with Crippen molar-refractivity contribution in [1.82, 2.24) is 5.32 Å². The van der Waals surface area contributed by atoms with Gasteiger partial charge in [0.15, 0.2) is 0 Å². The fourth-order valence-corrected chi connectivity index (χ4v) is 2.44. The van der Waals surface area contributed by atoms with Gasteiger partial charge in [0.25, 0.3) is 0 Å². The van der Waals surface area contributed by atoms with Crippen LogP contribution in [0.4, 0.5) is 16.2 Å². The molecule has 0 atom stereocenters. The number of nitrogen functional groups attached to an aromatic ring is 1. The highest BCUT2D eigenvalue weighted by Gasteiger charge is 2.17. The van der Waals surface area contributed by atoms with E-state index in [0.29, 0.717) is 5.69 Å². The first-order valence-corrected chi connectivity index (χ1v) is 6.76. The first kappa shape index (κ1) is 14.2. The van der Waals surface area contributed by atoms with Crippen LogP contribution in [-0.2, 0) is 0 Å². The SMILES string of the molecule is Nc1ccc(NC(=O)NC2CCCCC2)c(C(=O)O)c1. The van der Waals surface area contributed by atoms with E-state index in [4.69, 9.17) is 10.8 Å². The van der Waals surface area contributed by atoms with Crippen LogP contribution in [0, 0.1) is 0 Å². The maximum atomic E-state index is 11.9. The van der Waals surface area contributed by atoms with Crippen molar-refractivity contribution >= 4 is 23.4 Å². The van der Waals surface area contributed by atoms with Gasteiger partial charge in [-0.3, -0.25) is 0 Å². The minimum absolute atomic E-state index is 0.0104. The van der Waals surface area contributed by atoms with Gasteiger partial charge in [0.05, 0.1) is 11.3 Å². The molecule has 0 aliphatic heterocycles. The molecule has 2 amide bonds. The zero-order valence-corrected chi connectivity index (χ0v) is 11.2. The molecule has 0 bridgehead atoms. The Morgan fingerprint density at radius 3 is 2.55 bits per heavy atom. The highest BCUT2D eigenvalue weighted by atomic mass is 16.4. The Labute approximate surface area is 117 Å². The van der Waals surface area contributed by atoms with Crippen LogP contribution in [0.3, 0.4) is 0 Å². The van der Waals surface area contributed by atoms with Gasteiger partial charge in [-0.2, -0.15) is 0 Å². The lowest BCUT2D eigenvalue weighted by Gasteiger charge is -2.23. The zero-order valence-electron chi connectivity index (χ0n) is 11.2. The second-order valence-electron chi connectivity index (χ2n) is 5.04. The quantitative estimate of drug-likeness (QED) is 0.637. The lowest BCUT2D eigenvalue weighted by molar-refractivity contribution is 0.0698. The van der Waals surface area contributed by atoms with Crippen LogP contribution in [0.15, 0.2) is 18.2 Å². The zero-order chi connectivity index (χ0) is 14.5. The summed E-state index contributed by atoms with van der Waals surface area (Å²) in [6.45, 7) is 0. The number of hydrogen-bond acceptors (Lipinski definition) is 3. The molecule has 2 rings (SSSR count). The molecule has 0 heterocycles. The van der Waals surface area contributed by atoms with E-state index in [-0.39, 0.29) is 23.3 Å². The Bertz CT molecular complexity index is 510. The third-order valence-electron chi connectivity index (χ3n) is 3.46. The molecule has 1 fully saturated rings. The van der Waals surface area contributed by atoms with Crippen LogP contribution in [0.5, 0.6) is 0 Å². The summed E-state index contributed by atoms with van der Waals surface area (Å²) in [7, 11) is 0. The average Bonchev–Trinajstić information content (AvgIpc) is 2.41. The summed E-state index contributed by atoms with van der Waals surface area (Å²) >= 11 is 0. The first-order valence-electron chi connectivity index (χ1n) is 6.76. The van der Waals surface area contributed by atoms with Gasteiger partial charge in [-0.1, -0.05) is 19.3 Å². The van der Waals surface area contributed by atoms with Crippen molar-refractivity contribution in [2.75, 3.05) is 11.1 Å². The van der Waals surface area contributed by atoms with Gasteiger partial charge < -0.3 is 21.5 Å². The van der Waals surface area contributed by atoms with Crippen molar-refractivity contribution < 1.29 is 14.7 Å². The van der Waals surface area contributed by atoms with E-state index in [1.807, 2.05) is 0 Å². The molecule has 0 aromatic heterocycles. The highest BCUT2D eigenvalue weighted by molar-refractivity contribution is 6.00. The van der Waals surface area contributed by atoms with E-state index >= 15 is 0 Å². The van der Waals surface area contributed by atoms with Crippen molar-refractivity contribution in [2.24, 2.45) is 0 Å². The van der Waals surface area contributed by atoms with Gasteiger partial charge >= 0.3 is 12.0 Å². The summed E-state index contributed by atoms with van der Waals surface area (Å²) < 4.78 is 0. The number of rotatable bonds is 3. The van der Waals surface area contributed by atoms with Crippen molar-refractivity contribution in [1.29, 1.82) is 0 Å². The second-order valence-corrected chi connectivity index (χ2v) is 5.04. The van der Waals surface area contributed by atoms with E-state index in [9.17, 15) is 9.59 Å². The van der Waals surface area contributed by atoms with E-state index < -0.39 is 5.97 Å². The summed E-state index contributed by atoms with van der Waals surface area (Å²) in [6, 6.07) is 4.19. The number of carbonyl (C=O) groups is 2. The molecule has 5 N–H and O–H groups in total. The molecule has 1 aromatic rings. The van der Waals surface area contributed by atoms with Gasteiger partial charge in [-0.05, 0) is 31.0 Å². The fraction of sp³-hybridized carbons (Fsp3) is 0.429. The van der Waals surface area contributed by atoms with Crippen molar-refractivity contribution in [3.05, 3.63) is 23.8 Å². The number of amides is 2. The van der Waals surface area contributed by atoms with Gasteiger partial charge in [0, 0.05) is 11.7 Å². The Hall–Kier alpha value is -2.24. The molecule has 6 heteroatoms. The summed E-state index contributed by atoms with van der Waals surface area (Å²) in [5, 5.41) is 14.6. The van der Waals surface area contributed by atoms with Gasteiger partial charge in [0.1, 0.15) is 0 Å². The lowest BCUT2D eigenvalue weighted by atomic mass is 9.96. The molecule has 0 unspecified atom stereocenters. The number of carbonyl (C=O) groups excluding carboxylic acids is 1. The van der Waals surface area contributed by atoms with Crippen molar-refractivity contribution in [3.63, 3.8) is 0 Å². The molecule has 1 aliphatic rings. The van der Waals surface area contributed by atoms with Crippen LogP contribution in [0.25, 0.3) is 0 Å². The predicted octanol–water partition coefficient (Wildman–Crippen LogP) is 2.42. The van der Waals surface area contributed by atoms with Gasteiger partial charge in [-0.25, -0.2) is 9.59 Å². The Morgan fingerprint density at radius 1 is 1.20 bits per heavy atom. The third-order valence-corrected chi connectivity index (χ3v) is 3.46. The highest BCUT2D eigenvalue weighted by Crippen LogP contribution is 2.20. The number of urea groups is 1. The van der Waals surface area contributed by atoms with Crippen LogP contribution in [-0.4, -0.2) is 23.1 Å². The minimum Gasteiger partial charge on any atom is -0.478 e. The summed E-state index contributed by atoms with van der Waals surface area (Å²) in [5.74, 6) is -1.12. The monoisotopic (exact) mass is 277 g/mol. The standard InChI is InChI=1S/C14H19N3O3/c15-9-6-7-12(11(8-9)13(18)19)17-14(20)16-10-4-2-1-3-5-10/h6-8,10H,1-5,15H2,(H,18,19)(H2,16,17,20). The van der Waals surface area contributed by atoms with Crippen LogP contribution in [0.2, 0.25) is 0 Å². The molecule has 0 spiro atoms. The molecule has 1 saturated carbocycles. The molecule has 1 aliphatic carbocycles. The lowest BCUT2D eigenvalue weighted by Crippen LogP contribution is -2.39. The number of carboxylic acids is 1. The second kappa shape index (κ2) is 6.27. The van der Waals surface area contributed by atoms with E-state index in [2.05, 4.69) is 10.6 Å². The number of nitrogens with two attached hydrogens (primary N) is 1. The molecule has 1 aromatic carbocycles. The van der Waals surface area contributed by atoms with E-state index in [0.717, 1.165) is 25.7 Å². The number of anilines is 2. The fourth-order valence-electron chi connectivity index (χ4n) is 2.44. The topological polar surface area (TPSA) is 104 Å². The normalized spacial score (nSPS) is 15.6.